The molecule has 0 unspecified atom stereocenters. The normalized spacial score (nSPS) is 15.3. The standard InChI is InChI=1S/C18H13FN2O6S/c19-12-2-4-13(5-3-12)27-8-7-20-17(23)16(28-18(20)24)10-11-1-6-15(22)14(9-11)21(25)26/h1-6,9-10,22H,7-8H2/b16-10-. The van der Waals surface area contributed by atoms with E-state index in [0.717, 1.165) is 17.0 Å². The average Bonchev–Trinajstić information content (AvgIpc) is 2.92. The van der Waals surface area contributed by atoms with Gasteiger partial charge >= 0.3 is 5.69 Å². The molecule has 0 bridgehead atoms. The number of imide groups is 1. The van der Waals surface area contributed by atoms with Gasteiger partial charge in [0.15, 0.2) is 5.75 Å². The van der Waals surface area contributed by atoms with Gasteiger partial charge in [-0.2, -0.15) is 0 Å². The zero-order valence-electron chi connectivity index (χ0n) is 14.2. The minimum absolute atomic E-state index is 0.00485. The van der Waals surface area contributed by atoms with Gasteiger partial charge in [-0.05, 0) is 53.7 Å². The molecule has 2 aromatic carbocycles. The molecule has 0 aliphatic carbocycles. The fraction of sp³-hybridized carbons (Fsp3) is 0.111. The number of phenols is 1. The highest BCUT2D eigenvalue weighted by molar-refractivity contribution is 8.18. The molecule has 2 amide bonds. The lowest BCUT2D eigenvalue weighted by Gasteiger charge is -2.13. The Bertz CT molecular complexity index is 977. The Morgan fingerprint density at radius 2 is 1.93 bits per heavy atom. The van der Waals surface area contributed by atoms with Crippen molar-refractivity contribution >= 4 is 34.7 Å². The van der Waals surface area contributed by atoms with Crippen molar-refractivity contribution in [3.8, 4) is 11.5 Å². The Balaban J connectivity index is 1.67. The van der Waals surface area contributed by atoms with Crippen molar-refractivity contribution in [2.75, 3.05) is 13.2 Å². The van der Waals surface area contributed by atoms with Crippen LogP contribution in [0.25, 0.3) is 6.08 Å². The minimum atomic E-state index is -0.745. The Morgan fingerprint density at radius 3 is 2.61 bits per heavy atom. The largest absolute Gasteiger partial charge is 0.502 e. The van der Waals surface area contributed by atoms with Crippen LogP contribution in [-0.4, -0.2) is 39.2 Å². The lowest BCUT2D eigenvalue weighted by atomic mass is 10.1. The van der Waals surface area contributed by atoms with Crippen LogP contribution >= 0.6 is 11.8 Å². The maximum atomic E-state index is 12.9. The lowest BCUT2D eigenvalue weighted by molar-refractivity contribution is -0.385. The molecule has 0 radical (unpaired) electrons. The van der Waals surface area contributed by atoms with Crippen LogP contribution < -0.4 is 4.74 Å². The number of aromatic hydroxyl groups is 1. The van der Waals surface area contributed by atoms with Crippen molar-refractivity contribution in [1.29, 1.82) is 0 Å². The number of thioether (sulfide) groups is 1. The first kappa shape index (κ1) is 19.4. The van der Waals surface area contributed by atoms with Crippen LogP contribution in [0.15, 0.2) is 47.4 Å². The van der Waals surface area contributed by atoms with Crippen molar-refractivity contribution in [2.45, 2.75) is 0 Å². The van der Waals surface area contributed by atoms with Gasteiger partial charge in [0.1, 0.15) is 18.2 Å². The highest BCUT2D eigenvalue weighted by atomic mass is 32.2. The zero-order chi connectivity index (χ0) is 20.3. The molecule has 10 heteroatoms. The number of rotatable bonds is 6. The number of ether oxygens (including phenoxy) is 1. The predicted octanol–water partition coefficient (Wildman–Crippen LogP) is 3.55. The SMILES string of the molecule is O=C1S/C(=C\c2ccc(O)c([N+](=O)[O-])c2)C(=O)N1CCOc1ccc(F)cc1. The number of nitro groups is 1. The van der Waals surface area contributed by atoms with Crippen molar-refractivity contribution in [3.05, 3.63) is 68.9 Å². The number of carbonyl (C=O) groups is 2. The summed E-state index contributed by atoms with van der Waals surface area (Å²) in [5.41, 5.74) is -0.196. The maximum absolute atomic E-state index is 12.9. The molecule has 3 rings (SSSR count). The molecule has 0 saturated carbocycles. The Kier molecular flexibility index (Phi) is 5.59. The monoisotopic (exact) mass is 404 g/mol. The van der Waals surface area contributed by atoms with Gasteiger partial charge < -0.3 is 9.84 Å². The predicted molar refractivity (Wildman–Crippen MR) is 99.3 cm³/mol. The Labute approximate surface area is 162 Å². The van der Waals surface area contributed by atoms with Crippen LogP contribution in [0.1, 0.15) is 5.56 Å². The molecule has 144 valence electrons. The van der Waals surface area contributed by atoms with Gasteiger partial charge in [-0.25, -0.2) is 4.39 Å². The summed E-state index contributed by atoms with van der Waals surface area (Å²) in [5, 5.41) is 19.9. The minimum Gasteiger partial charge on any atom is -0.502 e. The van der Waals surface area contributed by atoms with Crippen LogP contribution in [0.3, 0.4) is 0 Å². The second-order valence-corrected chi connectivity index (χ2v) is 6.63. The quantitative estimate of drug-likeness (QED) is 0.445. The fourth-order valence-corrected chi connectivity index (χ4v) is 3.27. The number of amides is 2. The highest BCUT2D eigenvalue weighted by Gasteiger charge is 2.34. The van der Waals surface area contributed by atoms with Gasteiger partial charge in [-0.1, -0.05) is 6.07 Å². The summed E-state index contributed by atoms with van der Waals surface area (Å²) in [7, 11) is 0. The van der Waals surface area contributed by atoms with Crippen LogP contribution in [0.5, 0.6) is 11.5 Å². The molecular formula is C18H13FN2O6S. The topological polar surface area (TPSA) is 110 Å². The number of carbonyl (C=O) groups excluding carboxylic acids is 2. The van der Waals surface area contributed by atoms with E-state index in [9.17, 15) is 29.2 Å². The highest BCUT2D eigenvalue weighted by Crippen LogP contribution is 2.34. The van der Waals surface area contributed by atoms with E-state index >= 15 is 0 Å². The van der Waals surface area contributed by atoms with Crippen molar-refractivity contribution in [1.82, 2.24) is 4.90 Å². The molecular weight excluding hydrogens is 391 g/mol. The van der Waals surface area contributed by atoms with E-state index in [0.29, 0.717) is 23.1 Å². The zero-order valence-corrected chi connectivity index (χ0v) is 15.0. The van der Waals surface area contributed by atoms with Crippen LogP contribution in [0.4, 0.5) is 14.9 Å². The maximum Gasteiger partial charge on any atom is 0.311 e. The van der Waals surface area contributed by atoms with Crippen molar-refractivity contribution in [2.24, 2.45) is 0 Å². The molecule has 0 atom stereocenters. The summed E-state index contributed by atoms with van der Waals surface area (Å²) in [4.78, 5) is 35.7. The molecule has 1 aliphatic heterocycles. The van der Waals surface area contributed by atoms with E-state index in [1.165, 1.54) is 36.4 Å². The molecule has 0 aromatic heterocycles. The molecule has 1 saturated heterocycles. The lowest BCUT2D eigenvalue weighted by Crippen LogP contribution is -2.32. The van der Waals surface area contributed by atoms with Crippen LogP contribution in [0, 0.1) is 15.9 Å². The second kappa shape index (κ2) is 8.09. The van der Waals surface area contributed by atoms with E-state index in [4.69, 9.17) is 4.74 Å². The summed E-state index contributed by atoms with van der Waals surface area (Å²) in [6, 6.07) is 8.98. The molecule has 1 N–H and O–H groups in total. The van der Waals surface area contributed by atoms with E-state index in [1.54, 1.807) is 0 Å². The fourth-order valence-electron chi connectivity index (χ4n) is 2.41. The van der Waals surface area contributed by atoms with E-state index < -0.39 is 33.3 Å². The third-order valence-electron chi connectivity index (χ3n) is 3.76. The molecule has 1 heterocycles. The van der Waals surface area contributed by atoms with Gasteiger partial charge in [-0.15, -0.1) is 0 Å². The third kappa shape index (κ3) is 4.29. The first-order chi connectivity index (χ1) is 13.3. The first-order valence-corrected chi connectivity index (χ1v) is 8.78. The number of benzene rings is 2. The summed E-state index contributed by atoms with van der Waals surface area (Å²) in [6.07, 6.45) is 1.35. The van der Waals surface area contributed by atoms with Gasteiger partial charge in [0.05, 0.1) is 16.4 Å². The summed E-state index contributed by atoms with van der Waals surface area (Å²) >= 11 is 0.704. The molecule has 0 spiro atoms. The molecule has 1 aliphatic rings. The number of hydrogen-bond donors (Lipinski definition) is 1. The summed E-state index contributed by atoms with van der Waals surface area (Å²) in [5.74, 6) is -1.04. The summed E-state index contributed by atoms with van der Waals surface area (Å²) in [6.45, 7) is 0.0245. The van der Waals surface area contributed by atoms with E-state index in [1.807, 2.05) is 0 Å². The molecule has 8 nitrogen and oxygen atoms in total. The van der Waals surface area contributed by atoms with Gasteiger partial charge in [0, 0.05) is 6.07 Å². The smallest absolute Gasteiger partial charge is 0.311 e. The number of hydrogen-bond acceptors (Lipinski definition) is 7. The third-order valence-corrected chi connectivity index (χ3v) is 4.67. The Morgan fingerprint density at radius 1 is 1.21 bits per heavy atom. The average molecular weight is 404 g/mol. The van der Waals surface area contributed by atoms with Crippen molar-refractivity contribution < 1.29 is 28.7 Å². The van der Waals surface area contributed by atoms with Gasteiger partial charge in [0.2, 0.25) is 0 Å². The number of nitro benzene ring substituents is 1. The van der Waals surface area contributed by atoms with Crippen molar-refractivity contribution in [3.63, 3.8) is 0 Å². The van der Waals surface area contributed by atoms with Crippen LogP contribution in [-0.2, 0) is 4.79 Å². The summed E-state index contributed by atoms with van der Waals surface area (Å²) < 4.78 is 18.2. The van der Waals surface area contributed by atoms with Gasteiger partial charge in [0.25, 0.3) is 11.1 Å². The van der Waals surface area contributed by atoms with E-state index in [-0.39, 0.29) is 18.1 Å². The second-order valence-electron chi connectivity index (χ2n) is 5.64. The Hall–Kier alpha value is -3.40. The van der Waals surface area contributed by atoms with E-state index in [2.05, 4.69) is 0 Å². The molecule has 1 fully saturated rings. The number of halogens is 1. The number of phenolic OH excluding ortho intramolecular Hbond substituents is 1. The van der Waals surface area contributed by atoms with Crippen LogP contribution in [0.2, 0.25) is 0 Å². The first-order valence-electron chi connectivity index (χ1n) is 7.96. The molecule has 28 heavy (non-hydrogen) atoms. The number of nitrogens with zero attached hydrogens (tertiary/aromatic N) is 2. The molecule has 2 aromatic rings. The van der Waals surface area contributed by atoms with Gasteiger partial charge in [-0.3, -0.25) is 24.6 Å².